The molecule has 2 aromatic rings. The monoisotopic (exact) mass is 440 g/mol. The van der Waals surface area contributed by atoms with Gasteiger partial charge in [-0.1, -0.05) is 67.1 Å². The van der Waals surface area contributed by atoms with Gasteiger partial charge in [-0.25, -0.2) is 0 Å². The molecule has 0 unspecified atom stereocenters. The van der Waals surface area contributed by atoms with Gasteiger partial charge in [0.25, 0.3) is 0 Å². The average Bonchev–Trinajstić information content (AvgIpc) is 2.70. The lowest BCUT2D eigenvalue weighted by atomic mass is 10.0. The summed E-state index contributed by atoms with van der Waals surface area (Å²) in [6, 6.07) is 17.9. The van der Waals surface area contributed by atoms with Crippen LogP contribution >= 0.6 is 11.8 Å². The van der Waals surface area contributed by atoms with Gasteiger partial charge >= 0.3 is 0 Å². The van der Waals surface area contributed by atoms with Crippen LogP contribution in [0.2, 0.25) is 0 Å². The van der Waals surface area contributed by atoms with Gasteiger partial charge in [-0.3, -0.25) is 9.59 Å². The molecule has 1 N–H and O–H groups in total. The zero-order valence-corrected chi connectivity index (χ0v) is 20.3. The molecular weight excluding hydrogens is 404 g/mol. The van der Waals surface area contributed by atoms with Gasteiger partial charge in [-0.15, -0.1) is 0 Å². The summed E-state index contributed by atoms with van der Waals surface area (Å²) < 4.78 is 0. The second kappa shape index (κ2) is 11.9. The van der Waals surface area contributed by atoms with E-state index in [1.807, 2.05) is 71.0 Å². The number of amides is 2. The van der Waals surface area contributed by atoms with E-state index in [1.165, 1.54) is 5.56 Å². The summed E-state index contributed by atoms with van der Waals surface area (Å²) in [7, 11) is 0. The summed E-state index contributed by atoms with van der Waals surface area (Å²) in [5.74, 6) is 1.55. The number of benzene rings is 2. The number of aryl methyl sites for hydroxylation is 1. The van der Waals surface area contributed by atoms with Crippen molar-refractivity contribution in [3.8, 4) is 0 Å². The maximum atomic E-state index is 13.2. The molecule has 0 aliphatic carbocycles. The predicted octanol–water partition coefficient (Wildman–Crippen LogP) is 5.34. The standard InChI is InChI=1S/C26H36N2O2S/c1-6-23(25(30)27-26(3,4)5)28(18-22-14-10-11-20(2)17-22)24(29)15-16-31-19-21-12-8-7-9-13-21/h7-14,17,23H,6,15-16,18-19H2,1-5H3,(H,27,30)/t23-/m1/s1. The summed E-state index contributed by atoms with van der Waals surface area (Å²) in [6.45, 7) is 10.3. The van der Waals surface area contributed by atoms with Crippen molar-refractivity contribution in [2.45, 2.75) is 71.3 Å². The molecule has 0 aromatic heterocycles. The van der Waals surface area contributed by atoms with Gasteiger partial charge < -0.3 is 10.2 Å². The van der Waals surface area contributed by atoms with Gasteiger partial charge in [0.15, 0.2) is 0 Å². The van der Waals surface area contributed by atoms with Crippen molar-refractivity contribution in [1.82, 2.24) is 10.2 Å². The number of hydrogen-bond donors (Lipinski definition) is 1. The van der Waals surface area contributed by atoms with Crippen LogP contribution in [-0.2, 0) is 21.9 Å². The van der Waals surface area contributed by atoms with Crippen LogP contribution < -0.4 is 5.32 Å². The van der Waals surface area contributed by atoms with E-state index in [0.717, 1.165) is 22.6 Å². The van der Waals surface area contributed by atoms with Crippen molar-refractivity contribution < 1.29 is 9.59 Å². The fraction of sp³-hybridized carbons (Fsp3) is 0.462. The second-order valence-electron chi connectivity index (χ2n) is 8.96. The first-order chi connectivity index (χ1) is 14.7. The van der Waals surface area contributed by atoms with E-state index in [1.54, 1.807) is 16.7 Å². The van der Waals surface area contributed by atoms with Crippen molar-refractivity contribution in [2.75, 3.05) is 5.75 Å². The van der Waals surface area contributed by atoms with Gasteiger partial charge in [-0.2, -0.15) is 11.8 Å². The molecule has 1 atom stereocenters. The Kier molecular flexibility index (Phi) is 9.63. The normalized spacial score (nSPS) is 12.3. The first-order valence-corrected chi connectivity index (χ1v) is 12.1. The number of thioether (sulfide) groups is 1. The van der Waals surface area contributed by atoms with Crippen LogP contribution in [0, 0.1) is 6.92 Å². The third kappa shape index (κ3) is 8.78. The molecule has 0 saturated carbocycles. The third-order valence-electron chi connectivity index (χ3n) is 4.89. The lowest BCUT2D eigenvalue weighted by Gasteiger charge is -2.33. The Morgan fingerprint density at radius 3 is 2.32 bits per heavy atom. The molecule has 0 aliphatic heterocycles. The smallest absolute Gasteiger partial charge is 0.243 e. The van der Waals surface area contributed by atoms with E-state index in [2.05, 4.69) is 23.5 Å². The van der Waals surface area contributed by atoms with Gasteiger partial charge in [0.05, 0.1) is 0 Å². The quantitative estimate of drug-likeness (QED) is 0.507. The molecule has 0 saturated heterocycles. The van der Waals surface area contributed by atoms with E-state index >= 15 is 0 Å². The summed E-state index contributed by atoms with van der Waals surface area (Å²) in [6.07, 6.45) is 0.999. The van der Waals surface area contributed by atoms with E-state index in [4.69, 9.17) is 0 Å². The highest BCUT2D eigenvalue weighted by Gasteiger charge is 2.30. The maximum Gasteiger partial charge on any atom is 0.243 e. The molecular formula is C26H36N2O2S. The minimum Gasteiger partial charge on any atom is -0.350 e. The number of nitrogens with zero attached hydrogens (tertiary/aromatic N) is 1. The van der Waals surface area contributed by atoms with E-state index in [-0.39, 0.29) is 17.4 Å². The Balaban J connectivity index is 2.09. The topological polar surface area (TPSA) is 49.4 Å². The minimum atomic E-state index is -0.480. The molecule has 0 bridgehead atoms. The number of carbonyl (C=O) groups excluding carboxylic acids is 2. The predicted molar refractivity (Wildman–Crippen MR) is 131 cm³/mol. The lowest BCUT2D eigenvalue weighted by molar-refractivity contribution is -0.141. The highest BCUT2D eigenvalue weighted by Crippen LogP contribution is 2.18. The number of carbonyl (C=O) groups is 2. The highest BCUT2D eigenvalue weighted by atomic mass is 32.2. The van der Waals surface area contributed by atoms with Crippen molar-refractivity contribution >= 4 is 23.6 Å². The Labute approximate surface area is 191 Å². The molecule has 2 amide bonds. The molecule has 2 rings (SSSR count). The first-order valence-electron chi connectivity index (χ1n) is 11.0. The summed E-state index contributed by atoms with van der Waals surface area (Å²) >= 11 is 1.75. The number of rotatable bonds is 10. The number of nitrogens with one attached hydrogen (secondary N) is 1. The van der Waals surface area contributed by atoms with Gasteiger partial charge in [0.2, 0.25) is 11.8 Å². The molecule has 5 heteroatoms. The van der Waals surface area contributed by atoms with Crippen LogP contribution in [0.5, 0.6) is 0 Å². The van der Waals surface area contributed by atoms with Crippen molar-refractivity contribution in [1.29, 1.82) is 0 Å². The van der Waals surface area contributed by atoms with Gasteiger partial charge in [0.1, 0.15) is 6.04 Å². The van der Waals surface area contributed by atoms with Crippen LogP contribution in [0.25, 0.3) is 0 Å². The van der Waals surface area contributed by atoms with Gasteiger partial charge in [-0.05, 0) is 45.2 Å². The molecule has 4 nitrogen and oxygen atoms in total. The summed E-state index contributed by atoms with van der Waals surface area (Å²) in [4.78, 5) is 28.0. The first kappa shape index (κ1) is 25.0. The Bertz CT molecular complexity index is 846. The van der Waals surface area contributed by atoms with E-state index in [9.17, 15) is 9.59 Å². The van der Waals surface area contributed by atoms with E-state index < -0.39 is 6.04 Å². The summed E-state index contributed by atoms with van der Waals surface area (Å²) in [5, 5.41) is 3.05. The zero-order chi connectivity index (χ0) is 22.9. The average molecular weight is 441 g/mol. The number of hydrogen-bond acceptors (Lipinski definition) is 3. The molecule has 0 aliphatic rings. The molecule has 0 spiro atoms. The fourth-order valence-electron chi connectivity index (χ4n) is 3.45. The van der Waals surface area contributed by atoms with Crippen molar-refractivity contribution in [3.63, 3.8) is 0 Å². The van der Waals surface area contributed by atoms with Crippen LogP contribution in [0.4, 0.5) is 0 Å². The maximum absolute atomic E-state index is 13.2. The minimum absolute atomic E-state index is 0.0259. The molecule has 0 heterocycles. The molecule has 31 heavy (non-hydrogen) atoms. The van der Waals surface area contributed by atoms with Crippen LogP contribution in [0.3, 0.4) is 0 Å². The third-order valence-corrected chi connectivity index (χ3v) is 5.92. The van der Waals surface area contributed by atoms with Gasteiger partial charge in [0, 0.05) is 30.0 Å². The Hall–Kier alpha value is -2.27. The molecule has 168 valence electrons. The molecule has 2 aromatic carbocycles. The summed E-state index contributed by atoms with van der Waals surface area (Å²) in [5.41, 5.74) is 3.11. The highest BCUT2D eigenvalue weighted by molar-refractivity contribution is 7.98. The van der Waals surface area contributed by atoms with Crippen LogP contribution in [0.15, 0.2) is 54.6 Å². The lowest BCUT2D eigenvalue weighted by Crippen LogP contribution is -2.53. The second-order valence-corrected chi connectivity index (χ2v) is 10.1. The SMILES string of the molecule is CC[C@H](C(=O)NC(C)(C)C)N(Cc1cccc(C)c1)C(=O)CCSCc1ccccc1. The largest absolute Gasteiger partial charge is 0.350 e. The molecule has 0 radical (unpaired) electrons. The fourth-order valence-corrected chi connectivity index (χ4v) is 4.34. The van der Waals surface area contributed by atoms with Crippen molar-refractivity contribution in [2.24, 2.45) is 0 Å². The van der Waals surface area contributed by atoms with Crippen molar-refractivity contribution in [3.05, 3.63) is 71.3 Å². The Morgan fingerprint density at radius 1 is 1.03 bits per heavy atom. The van der Waals surface area contributed by atoms with Crippen LogP contribution in [0.1, 0.15) is 57.2 Å². The van der Waals surface area contributed by atoms with E-state index in [0.29, 0.717) is 19.4 Å². The Morgan fingerprint density at radius 2 is 1.71 bits per heavy atom. The zero-order valence-electron chi connectivity index (χ0n) is 19.5. The molecule has 0 fully saturated rings. The van der Waals surface area contributed by atoms with Crippen LogP contribution in [-0.4, -0.2) is 34.0 Å².